The molecule has 10 heteroatoms. The van der Waals surface area contributed by atoms with E-state index in [-0.39, 0.29) is 18.3 Å². The van der Waals surface area contributed by atoms with E-state index < -0.39 is 0 Å². The average Bonchev–Trinajstić information content (AvgIpc) is 3.31. The van der Waals surface area contributed by atoms with Crippen LogP contribution in [0.4, 0.5) is 5.00 Å². The van der Waals surface area contributed by atoms with Crippen LogP contribution in [0.3, 0.4) is 0 Å². The van der Waals surface area contributed by atoms with E-state index >= 15 is 0 Å². The van der Waals surface area contributed by atoms with Crippen LogP contribution in [0.15, 0.2) is 23.4 Å². The predicted molar refractivity (Wildman–Crippen MR) is 131 cm³/mol. The van der Waals surface area contributed by atoms with Crippen LogP contribution in [0, 0.1) is 24.2 Å². The van der Waals surface area contributed by atoms with Crippen molar-refractivity contribution in [2.45, 2.75) is 44.9 Å². The number of rotatable bonds is 7. The molecular weight excluding hydrogens is 478 g/mol. The number of anilines is 1. The zero-order chi connectivity index (χ0) is 23.5. The molecule has 172 valence electrons. The Hall–Kier alpha value is -2.54. The summed E-state index contributed by atoms with van der Waals surface area (Å²) >= 11 is 8.88. The van der Waals surface area contributed by atoms with E-state index in [1.807, 2.05) is 30.7 Å². The van der Waals surface area contributed by atoms with Crippen molar-refractivity contribution in [1.29, 1.82) is 5.26 Å². The Balaban J connectivity index is 1.34. The summed E-state index contributed by atoms with van der Waals surface area (Å²) in [5.74, 6) is 1.97. The molecule has 7 nitrogen and oxygen atoms in total. The third-order valence-corrected chi connectivity index (χ3v) is 8.25. The summed E-state index contributed by atoms with van der Waals surface area (Å²) in [6.07, 6.45) is 2.95. The number of thiophene rings is 1. The van der Waals surface area contributed by atoms with Crippen molar-refractivity contribution in [1.82, 2.24) is 14.8 Å². The van der Waals surface area contributed by atoms with Crippen molar-refractivity contribution < 1.29 is 9.53 Å². The fourth-order valence-electron chi connectivity index (χ4n) is 3.70. The summed E-state index contributed by atoms with van der Waals surface area (Å²) in [4.78, 5) is 13.8. The lowest BCUT2D eigenvalue weighted by Gasteiger charge is -2.17. The van der Waals surface area contributed by atoms with Gasteiger partial charge in [0, 0.05) is 16.9 Å². The molecule has 1 atom stereocenters. The number of halogens is 1. The van der Waals surface area contributed by atoms with Crippen molar-refractivity contribution in [3.8, 4) is 11.8 Å². The summed E-state index contributed by atoms with van der Waals surface area (Å²) < 4.78 is 7.61. The lowest BCUT2D eigenvalue weighted by molar-refractivity contribution is -0.113. The SMILES string of the molecule is Cc1cc(OCc2nnc(SCC(=O)Nc3sc4c(c3C#N)CCC(C)C4)n2C)ccc1Cl. The van der Waals surface area contributed by atoms with E-state index in [9.17, 15) is 10.1 Å². The highest BCUT2D eigenvalue weighted by Gasteiger charge is 2.24. The fraction of sp³-hybridized carbons (Fsp3) is 0.391. The number of fused-ring (bicyclic) bond motifs is 1. The first-order chi connectivity index (χ1) is 15.9. The standard InChI is InChI=1S/C23H24ClN5O2S2/c1-13-4-6-16-17(10-25)22(33-19(16)8-13)26-21(30)12-32-23-28-27-20(29(23)3)11-31-15-5-7-18(24)14(2)9-15/h5,7,9,13H,4,6,8,11-12H2,1-3H3,(H,26,30). The maximum Gasteiger partial charge on any atom is 0.235 e. The number of aryl methyl sites for hydroxylation is 1. The number of aromatic nitrogens is 3. The van der Waals surface area contributed by atoms with Crippen LogP contribution in [0.25, 0.3) is 0 Å². The van der Waals surface area contributed by atoms with Crippen molar-refractivity contribution in [3.63, 3.8) is 0 Å². The Morgan fingerprint density at radius 1 is 1.45 bits per heavy atom. The first kappa shape index (κ1) is 23.6. The highest BCUT2D eigenvalue weighted by atomic mass is 35.5. The second-order valence-electron chi connectivity index (χ2n) is 8.16. The predicted octanol–water partition coefficient (Wildman–Crippen LogP) is 5.14. The van der Waals surface area contributed by atoms with Gasteiger partial charge in [-0.15, -0.1) is 21.5 Å². The number of hydrogen-bond donors (Lipinski definition) is 1. The molecule has 2 heterocycles. The van der Waals surface area contributed by atoms with Gasteiger partial charge in [0.25, 0.3) is 0 Å². The van der Waals surface area contributed by atoms with Gasteiger partial charge in [0.05, 0.1) is 11.3 Å². The molecule has 0 spiro atoms. The molecular formula is C23H24ClN5O2S2. The minimum absolute atomic E-state index is 0.166. The van der Waals surface area contributed by atoms with Crippen LogP contribution < -0.4 is 10.1 Å². The van der Waals surface area contributed by atoms with E-state index in [2.05, 4.69) is 28.5 Å². The maximum absolute atomic E-state index is 12.6. The quantitative estimate of drug-likeness (QED) is 0.450. The smallest absolute Gasteiger partial charge is 0.235 e. The normalized spacial score (nSPS) is 15.1. The van der Waals surface area contributed by atoms with Crippen LogP contribution in [0.5, 0.6) is 5.75 Å². The summed E-state index contributed by atoms with van der Waals surface area (Å²) in [6.45, 7) is 4.39. The molecule has 0 radical (unpaired) electrons. The topological polar surface area (TPSA) is 92.8 Å². The molecule has 1 N–H and O–H groups in total. The Morgan fingerprint density at radius 3 is 3.03 bits per heavy atom. The summed E-state index contributed by atoms with van der Waals surface area (Å²) in [6, 6.07) is 7.76. The summed E-state index contributed by atoms with van der Waals surface area (Å²) in [5.41, 5.74) is 2.67. The molecule has 0 saturated carbocycles. The van der Waals surface area contributed by atoms with Gasteiger partial charge in [-0.05, 0) is 61.4 Å². The molecule has 1 aliphatic rings. The van der Waals surface area contributed by atoms with Gasteiger partial charge in [-0.3, -0.25) is 4.79 Å². The van der Waals surface area contributed by atoms with Crippen molar-refractivity contribution in [2.75, 3.05) is 11.1 Å². The van der Waals surface area contributed by atoms with Crippen LogP contribution >= 0.6 is 34.7 Å². The average molecular weight is 502 g/mol. The zero-order valence-electron chi connectivity index (χ0n) is 18.6. The highest BCUT2D eigenvalue weighted by Crippen LogP contribution is 2.39. The van der Waals surface area contributed by atoms with Gasteiger partial charge >= 0.3 is 0 Å². The number of nitrogens with zero attached hydrogens (tertiary/aromatic N) is 4. The number of thioether (sulfide) groups is 1. The van der Waals surface area contributed by atoms with Gasteiger partial charge in [0.1, 0.15) is 23.4 Å². The van der Waals surface area contributed by atoms with E-state index in [1.165, 1.54) is 28.0 Å². The van der Waals surface area contributed by atoms with Crippen molar-refractivity contribution >= 4 is 45.6 Å². The molecule has 2 aromatic heterocycles. The van der Waals surface area contributed by atoms with Gasteiger partial charge in [-0.1, -0.05) is 30.3 Å². The van der Waals surface area contributed by atoms with Crippen molar-refractivity contribution in [2.24, 2.45) is 13.0 Å². The molecule has 0 saturated heterocycles. The first-order valence-electron chi connectivity index (χ1n) is 10.6. The van der Waals surface area contributed by atoms with Gasteiger partial charge < -0.3 is 14.6 Å². The number of benzene rings is 1. The third-order valence-electron chi connectivity index (χ3n) is 5.63. The molecule has 1 aliphatic carbocycles. The molecule has 0 fully saturated rings. The molecule has 1 amide bonds. The van der Waals surface area contributed by atoms with Crippen LogP contribution in [-0.4, -0.2) is 26.4 Å². The number of hydrogen-bond acceptors (Lipinski definition) is 7. The summed E-state index contributed by atoms with van der Waals surface area (Å²) in [7, 11) is 1.84. The summed E-state index contributed by atoms with van der Waals surface area (Å²) in [5, 5.41) is 22.9. The van der Waals surface area contributed by atoms with Crippen LogP contribution in [0.1, 0.15) is 40.7 Å². The minimum atomic E-state index is -0.166. The Kier molecular flexibility index (Phi) is 7.27. The van der Waals surface area contributed by atoms with E-state index in [4.69, 9.17) is 16.3 Å². The third kappa shape index (κ3) is 5.35. The largest absolute Gasteiger partial charge is 0.486 e. The van der Waals surface area contributed by atoms with Crippen LogP contribution in [0.2, 0.25) is 5.02 Å². The Morgan fingerprint density at radius 2 is 2.27 bits per heavy atom. The number of carbonyl (C=O) groups excluding carboxylic acids is 1. The van der Waals surface area contributed by atoms with Crippen molar-refractivity contribution in [3.05, 3.63) is 50.6 Å². The minimum Gasteiger partial charge on any atom is -0.486 e. The maximum atomic E-state index is 12.6. The van der Waals surface area contributed by atoms with Crippen LogP contribution in [-0.2, 0) is 31.3 Å². The van der Waals surface area contributed by atoms with E-state index in [1.54, 1.807) is 6.07 Å². The molecule has 1 aromatic carbocycles. The lowest BCUT2D eigenvalue weighted by atomic mass is 9.89. The molecule has 0 aliphatic heterocycles. The second kappa shape index (κ2) is 10.2. The number of amides is 1. The van der Waals surface area contributed by atoms with Gasteiger partial charge in [0.2, 0.25) is 5.91 Å². The molecule has 0 bridgehead atoms. The number of nitrogens with one attached hydrogen (secondary N) is 1. The fourth-order valence-corrected chi connectivity index (χ4v) is 5.93. The van der Waals surface area contributed by atoms with E-state index in [0.717, 1.165) is 30.4 Å². The second-order valence-corrected chi connectivity index (χ2v) is 10.6. The highest BCUT2D eigenvalue weighted by molar-refractivity contribution is 7.99. The molecule has 4 rings (SSSR count). The zero-order valence-corrected chi connectivity index (χ0v) is 21.0. The van der Waals surface area contributed by atoms with Gasteiger partial charge in [-0.2, -0.15) is 5.26 Å². The molecule has 33 heavy (non-hydrogen) atoms. The number of ether oxygens (including phenoxy) is 1. The number of nitriles is 1. The van der Waals surface area contributed by atoms with E-state index in [0.29, 0.717) is 38.2 Å². The van der Waals surface area contributed by atoms with Gasteiger partial charge in [-0.25, -0.2) is 0 Å². The van der Waals surface area contributed by atoms with Gasteiger partial charge in [0.15, 0.2) is 11.0 Å². The molecule has 3 aromatic rings. The Bertz CT molecular complexity index is 1230. The first-order valence-corrected chi connectivity index (χ1v) is 12.8. The Labute approximate surface area is 206 Å². The molecule has 1 unspecified atom stereocenters. The number of carbonyl (C=O) groups is 1. The lowest BCUT2D eigenvalue weighted by Crippen LogP contribution is -2.14. The monoisotopic (exact) mass is 501 g/mol.